The number of hydrogen-bond donors (Lipinski definition) is 1. The minimum Gasteiger partial charge on any atom is -0.491 e. The summed E-state index contributed by atoms with van der Waals surface area (Å²) >= 11 is 0. The predicted molar refractivity (Wildman–Crippen MR) is 83.4 cm³/mol. The summed E-state index contributed by atoms with van der Waals surface area (Å²) in [4.78, 5) is 14.6. The summed E-state index contributed by atoms with van der Waals surface area (Å²) in [6.07, 6.45) is 13.0. The lowest BCUT2D eigenvalue weighted by atomic mass is 10.0. The second-order valence-electron chi connectivity index (χ2n) is 5.14. The highest BCUT2D eigenvalue weighted by atomic mass is 16.5. The van der Waals surface area contributed by atoms with E-state index in [4.69, 9.17) is 9.84 Å². The number of aliphatic carboxylic acids is 1. The maximum atomic E-state index is 10.6. The van der Waals surface area contributed by atoms with E-state index in [0.29, 0.717) is 6.61 Å². The molecule has 0 saturated carbocycles. The van der Waals surface area contributed by atoms with Gasteiger partial charge in [-0.25, -0.2) is 0 Å². The fourth-order valence-electron chi connectivity index (χ4n) is 2.07. The minimum absolute atomic E-state index is 0.0678. The van der Waals surface area contributed by atoms with Crippen LogP contribution in [0, 0.1) is 5.92 Å². The molecule has 1 rings (SSSR count). The zero-order valence-corrected chi connectivity index (χ0v) is 12.7. The summed E-state index contributed by atoms with van der Waals surface area (Å²) in [7, 11) is 0. The third-order valence-corrected chi connectivity index (χ3v) is 3.23. The molecule has 0 bridgehead atoms. The van der Waals surface area contributed by atoms with Gasteiger partial charge in [-0.1, -0.05) is 44.8 Å². The molecular weight excluding hydrogens is 266 g/mol. The molecule has 116 valence electrons. The number of pyridine rings is 1. The predicted octanol–water partition coefficient (Wildman–Crippen LogP) is 4.08. The molecular formula is C17H25NO3. The number of ether oxygens (including phenoxy) is 1. The molecule has 1 N–H and O–H groups in total. The summed E-state index contributed by atoms with van der Waals surface area (Å²) in [5.74, 6) is 0.202. The first-order valence-corrected chi connectivity index (χ1v) is 7.63. The van der Waals surface area contributed by atoms with Gasteiger partial charge in [-0.2, -0.15) is 0 Å². The lowest BCUT2D eigenvalue weighted by Crippen LogP contribution is -2.10. The van der Waals surface area contributed by atoms with Crippen LogP contribution in [0.5, 0.6) is 5.75 Å². The Morgan fingerprint density at radius 3 is 2.95 bits per heavy atom. The molecule has 1 heterocycles. The molecule has 1 aromatic rings. The Morgan fingerprint density at radius 1 is 1.43 bits per heavy atom. The third-order valence-electron chi connectivity index (χ3n) is 3.23. The fraction of sp³-hybridized carbons (Fsp3) is 0.529. The molecule has 0 aliphatic carbocycles. The Balaban J connectivity index is 2.42. The van der Waals surface area contributed by atoms with Crippen LogP contribution in [-0.4, -0.2) is 22.7 Å². The van der Waals surface area contributed by atoms with E-state index in [9.17, 15) is 4.79 Å². The second-order valence-corrected chi connectivity index (χ2v) is 5.14. The van der Waals surface area contributed by atoms with E-state index in [0.717, 1.165) is 18.6 Å². The van der Waals surface area contributed by atoms with Crippen molar-refractivity contribution >= 4 is 5.97 Å². The molecule has 4 nitrogen and oxygen atoms in total. The molecule has 0 aromatic carbocycles. The van der Waals surface area contributed by atoms with Crippen LogP contribution in [-0.2, 0) is 4.79 Å². The zero-order chi connectivity index (χ0) is 15.3. The van der Waals surface area contributed by atoms with Crippen molar-refractivity contribution < 1.29 is 14.6 Å². The Morgan fingerprint density at radius 2 is 2.29 bits per heavy atom. The van der Waals surface area contributed by atoms with Crippen molar-refractivity contribution in [1.29, 1.82) is 0 Å². The lowest BCUT2D eigenvalue weighted by molar-refractivity contribution is -0.136. The molecule has 0 radical (unpaired) electrons. The van der Waals surface area contributed by atoms with Crippen LogP contribution in [0.1, 0.15) is 45.4 Å². The molecule has 0 aliphatic rings. The Hall–Kier alpha value is -1.84. The average molecular weight is 291 g/mol. The molecule has 0 amide bonds. The van der Waals surface area contributed by atoms with E-state index in [-0.39, 0.29) is 12.3 Å². The Kier molecular flexibility index (Phi) is 8.93. The van der Waals surface area contributed by atoms with Crippen LogP contribution in [0.3, 0.4) is 0 Å². The highest BCUT2D eigenvalue weighted by Gasteiger charge is 2.06. The van der Waals surface area contributed by atoms with Crippen LogP contribution >= 0.6 is 0 Å². The van der Waals surface area contributed by atoms with Crippen molar-refractivity contribution in [2.24, 2.45) is 5.92 Å². The number of rotatable bonds is 11. The van der Waals surface area contributed by atoms with Gasteiger partial charge in [0.2, 0.25) is 0 Å². The first-order valence-electron chi connectivity index (χ1n) is 7.63. The van der Waals surface area contributed by atoms with Gasteiger partial charge in [-0.05, 0) is 18.6 Å². The number of carboxylic acid groups (broad SMARTS) is 1. The van der Waals surface area contributed by atoms with E-state index < -0.39 is 5.97 Å². The normalized spacial score (nSPS) is 12.4. The number of carbonyl (C=O) groups is 1. The van der Waals surface area contributed by atoms with Crippen molar-refractivity contribution in [3.8, 4) is 5.75 Å². The molecule has 21 heavy (non-hydrogen) atoms. The molecule has 0 aliphatic heterocycles. The largest absolute Gasteiger partial charge is 0.491 e. The van der Waals surface area contributed by atoms with Gasteiger partial charge in [-0.3, -0.25) is 9.78 Å². The maximum absolute atomic E-state index is 10.6. The number of carboxylic acids is 1. The number of unbranched alkanes of at least 4 members (excludes halogenated alkanes) is 3. The zero-order valence-electron chi connectivity index (χ0n) is 12.7. The van der Waals surface area contributed by atoms with Crippen LogP contribution in [0.25, 0.3) is 0 Å². The van der Waals surface area contributed by atoms with Crippen LogP contribution in [0.15, 0.2) is 36.7 Å². The Labute approximate surface area is 126 Å². The molecule has 1 unspecified atom stereocenters. The number of nitrogens with zero attached hydrogens (tertiary/aromatic N) is 1. The van der Waals surface area contributed by atoms with E-state index >= 15 is 0 Å². The van der Waals surface area contributed by atoms with Gasteiger partial charge in [0.05, 0.1) is 19.2 Å². The molecule has 1 atom stereocenters. The van der Waals surface area contributed by atoms with E-state index in [1.165, 1.54) is 19.3 Å². The van der Waals surface area contributed by atoms with Crippen molar-refractivity contribution in [2.45, 2.75) is 45.4 Å². The van der Waals surface area contributed by atoms with Crippen LogP contribution in [0.2, 0.25) is 0 Å². The van der Waals surface area contributed by atoms with E-state index in [2.05, 4.69) is 11.9 Å². The van der Waals surface area contributed by atoms with Gasteiger partial charge in [0.25, 0.3) is 0 Å². The summed E-state index contributed by atoms with van der Waals surface area (Å²) in [6.45, 7) is 2.75. The molecule has 1 aromatic heterocycles. The fourth-order valence-corrected chi connectivity index (χ4v) is 2.07. The molecule has 0 fully saturated rings. The summed E-state index contributed by atoms with van der Waals surface area (Å²) in [5, 5.41) is 8.69. The third kappa shape index (κ3) is 8.84. The number of hydrogen-bond acceptors (Lipinski definition) is 3. The average Bonchev–Trinajstić information content (AvgIpc) is 2.49. The summed E-state index contributed by atoms with van der Waals surface area (Å²) in [5.41, 5.74) is 0. The van der Waals surface area contributed by atoms with Gasteiger partial charge in [0, 0.05) is 12.1 Å². The van der Waals surface area contributed by atoms with Gasteiger partial charge < -0.3 is 9.84 Å². The Bertz CT molecular complexity index is 417. The topological polar surface area (TPSA) is 59.4 Å². The van der Waals surface area contributed by atoms with Crippen molar-refractivity contribution in [3.05, 3.63) is 36.7 Å². The lowest BCUT2D eigenvalue weighted by Gasteiger charge is -2.14. The van der Waals surface area contributed by atoms with Gasteiger partial charge in [0.1, 0.15) is 5.75 Å². The highest BCUT2D eigenvalue weighted by molar-refractivity contribution is 5.68. The number of aromatic nitrogens is 1. The first kappa shape index (κ1) is 17.2. The van der Waals surface area contributed by atoms with E-state index in [1.54, 1.807) is 18.5 Å². The van der Waals surface area contributed by atoms with Crippen molar-refractivity contribution in [1.82, 2.24) is 4.98 Å². The molecule has 0 saturated heterocycles. The summed E-state index contributed by atoms with van der Waals surface area (Å²) < 4.78 is 5.72. The van der Waals surface area contributed by atoms with Crippen molar-refractivity contribution in [3.63, 3.8) is 0 Å². The molecule has 4 heteroatoms. The smallest absolute Gasteiger partial charge is 0.307 e. The maximum Gasteiger partial charge on any atom is 0.307 e. The van der Waals surface area contributed by atoms with Crippen LogP contribution < -0.4 is 4.74 Å². The molecule has 0 spiro atoms. The SMILES string of the molecule is CCCCCCC(/C=C/CC(=O)O)COc1cccnc1. The van der Waals surface area contributed by atoms with Gasteiger partial charge in [0.15, 0.2) is 0 Å². The highest BCUT2D eigenvalue weighted by Crippen LogP contribution is 2.15. The monoisotopic (exact) mass is 291 g/mol. The summed E-state index contributed by atoms with van der Waals surface area (Å²) in [6, 6.07) is 3.72. The van der Waals surface area contributed by atoms with Gasteiger partial charge in [-0.15, -0.1) is 0 Å². The second kappa shape index (κ2) is 10.9. The standard InChI is InChI=1S/C17H25NO3/c1-2-3-4-5-8-15(9-6-11-17(19)20)14-21-16-10-7-12-18-13-16/h6-7,9-10,12-13,15H,2-5,8,11,14H2,1H3,(H,19,20)/b9-6+. The van der Waals surface area contributed by atoms with E-state index in [1.807, 2.05) is 18.2 Å². The minimum atomic E-state index is -0.802. The quantitative estimate of drug-likeness (QED) is 0.493. The van der Waals surface area contributed by atoms with Crippen LogP contribution in [0.4, 0.5) is 0 Å². The van der Waals surface area contributed by atoms with Crippen molar-refractivity contribution in [2.75, 3.05) is 6.61 Å². The van der Waals surface area contributed by atoms with Gasteiger partial charge >= 0.3 is 5.97 Å². The first-order chi connectivity index (χ1) is 10.2.